The summed E-state index contributed by atoms with van der Waals surface area (Å²) in [5.74, 6) is -3.75. The van der Waals surface area contributed by atoms with Crippen molar-refractivity contribution in [2.24, 2.45) is 5.92 Å². The number of imide groups is 1. The van der Waals surface area contributed by atoms with Crippen molar-refractivity contribution < 1.29 is 34.1 Å². The van der Waals surface area contributed by atoms with E-state index in [2.05, 4.69) is 0 Å². The molecule has 2 atom stereocenters. The number of aliphatic hydroxyl groups is 2. The predicted molar refractivity (Wildman–Crippen MR) is 83.2 cm³/mol. The number of benzene rings is 1. The van der Waals surface area contributed by atoms with Gasteiger partial charge in [-0.3, -0.25) is 19.3 Å². The molecule has 25 heavy (non-hydrogen) atoms. The van der Waals surface area contributed by atoms with Crippen molar-refractivity contribution in [3.05, 3.63) is 35.4 Å². The fourth-order valence-corrected chi connectivity index (χ4v) is 3.01. The minimum absolute atomic E-state index is 0.256. The molecule has 8 heteroatoms. The molecule has 2 aliphatic heterocycles. The first-order valence-corrected chi connectivity index (χ1v) is 7.88. The summed E-state index contributed by atoms with van der Waals surface area (Å²) in [7, 11) is 0. The molecule has 2 N–H and O–H groups in total. The molecule has 0 saturated carbocycles. The number of fused-ring (bicyclic) bond motifs is 1. The Kier molecular flexibility index (Phi) is 4.46. The van der Waals surface area contributed by atoms with E-state index >= 15 is 0 Å². The van der Waals surface area contributed by atoms with Gasteiger partial charge in [0.2, 0.25) is 0 Å². The third kappa shape index (κ3) is 3.34. The average Bonchev–Trinajstić information content (AvgIpc) is 2.76. The number of hydrogen-bond donors (Lipinski definition) is 2. The van der Waals surface area contributed by atoms with E-state index in [-0.39, 0.29) is 17.5 Å². The second-order valence-electron chi connectivity index (χ2n) is 6.57. The zero-order valence-corrected chi connectivity index (χ0v) is 13.8. The highest BCUT2D eigenvalue weighted by atomic mass is 16.8. The molecular formula is C17H19NO7. The summed E-state index contributed by atoms with van der Waals surface area (Å²) < 4.78 is 10.4. The summed E-state index contributed by atoms with van der Waals surface area (Å²) in [6.07, 6.45) is -3.10. The first-order chi connectivity index (χ1) is 11.7. The molecular weight excluding hydrogens is 330 g/mol. The van der Waals surface area contributed by atoms with Gasteiger partial charge in [-0.15, -0.1) is 0 Å². The van der Waals surface area contributed by atoms with Crippen molar-refractivity contribution in [1.29, 1.82) is 0 Å². The van der Waals surface area contributed by atoms with Crippen LogP contribution in [0.2, 0.25) is 0 Å². The molecule has 0 spiro atoms. The molecule has 1 fully saturated rings. The van der Waals surface area contributed by atoms with Crippen LogP contribution in [0.3, 0.4) is 0 Å². The molecule has 1 aromatic carbocycles. The number of ketones is 1. The van der Waals surface area contributed by atoms with Crippen LogP contribution in [0.4, 0.5) is 0 Å². The Morgan fingerprint density at radius 1 is 1.08 bits per heavy atom. The second-order valence-corrected chi connectivity index (χ2v) is 6.57. The van der Waals surface area contributed by atoms with Gasteiger partial charge in [0.05, 0.1) is 23.6 Å². The number of Topliss-reactive ketones (excluding diaryl/α,β-unsaturated/α-hetero) is 1. The second kappa shape index (κ2) is 6.30. The number of carbonyl (C=O) groups excluding carboxylic acids is 3. The number of aliphatic hydroxyl groups excluding tert-OH is 2. The molecule has 0 aromatic heterocycles. The summed E-state index contributed by atoms with van der Waals surface area (Å²) in [5, 5.41) is 19.9. The van der Waals surface area contributed by atoms with Gasteiger partial charge in [0, 0.05) is 6.42 Å². The Morgan fingerprint density at radius 3 is 2.04 bits per heavy atom. The predicted octanol–water partition coefficient (Wildman–Crippen LogP) is 0.278. The van der Waals surface area contributed by atoms with Gasteiger partial charge in [0.25, 0.3) is 11.8 Å². The maximum Gasteiger partial charge on any atom is 0.261 e. The standard InChI is InChI=1S/C17H19NO7/c1-17(2)24-15(22)12(16(23)25-17)7-9(19)8-18-13(20)10-5-3-4-6-11(10)14(18)21/h3-6,12,15-16,22-23H,7-8H2,1-2H3. The van der Waals surface area contributed by atoms with Gasteiger partial charge in [0.15, 0.2) is 24.2 Å². The molecule has 3 rings (SSSR count). The van der Waals surface area contributed by atoms with Crippen LogP contribution in [0.1, 0.15) is 41.0 Å². The summed E-state index contributed by atoms with van der Waals surface area (Å²) >= 11 is 0. The van der Waals surface area contributed by atoms with Crippen molar-refractivity contribution in [2.75, 3.05) is 6.54 Å². The number of carbonyl (C=O) groups is 3. The third-order valence-electron chi connectivity index (χ3n) is 4.22. The molecule has 1 saturated heterocycles. The van der Waals surface area contributed by atoms with Crippen LogP contribution in [-0.2, 0) is 14.3 Å². The number of nitrogens with zero attached hydrogens (tertiary/aromatic N) is 1. The van der Waals surface area contributed by atoms with Crippen LogP contribution in [-0.4, -0.2) is 57.6 Å². The SMILES string of the molecule is CC1(C)OC(O)C(CC(=O)CN2C(=O)c3ccccc3C2=O)C(O)O1. The molecule has 134 valence electrons. The Hall–Kier alpha value is -2.13. The quantitative estimate of drug-likeness (QED) is 0.751. The van der Waals surface area contributed by atoms with Gasteiger partial charge in [-0.05, 0) is 26.0 Å². The topological polar surface area (TPSA) is 113 Å². The van der Waals surface area contributed by atoms with Crippen molar-refractivity contribution in [1.82, 2.24) is 4.90 Å². The highest BCUT2D eigenvalue weighted by Gasteiger charge is 2.43. The number of amides is 2. The summed E-state index contributed by atoms with van der Waals surface area (Å²) in [5.41, 5.74) is 0.512. The molecule has 2 unspecified atom stereocenters. The first kappa shape index (κ1) is 17.7. The molecule has 8 nitrogen and oxygen atoms in total. The fourth-order valence-electron chi connectivity index (χ4n) is 3.01. The van der Waals surface area contributed by atoms with Crippen molar-refractivity contribution >= 4 is 17.6 Å². The van der Waals surface area contributed by atoms with Crippen LogP contribution < -0.4 is 0 Å². The van der Waals surface area contributed by atoms with Crippen LogP contribution in [0, 0.1) is 5.92 Å². The average molecular weight is 349 g/mol. The zero-order chi connectivity index (χ0) is 18.4. The summed E-state index contributed by atoms with van der Waals surface area (Å²) in [6.45, 7) is 2.61. The van der Waals surface area contributed by atoms with E-state index < -0.39 is 48.4 Å². The van der Waals surface area contributed by atoms with Gasteiger partial charge in [-0.2, -0.15) is 0 Å². The van der Waals surface area contributed by atoms with Gasteiger partial charge in [-0.1, -0.05) is 12.1 Å². The molecule has 1 aromatic rings. The lowest BCUT2D eigenvalue weighted by atomic mass is 9.99. The van der Waals surface area contributed by atoms with E-state index in [0.29, 0.717) is 0 Å². The van der Waals surface area contributed by atoms with E-state index in [0.717, 1.165) is 4.90 Å². The van der Waals surface area contributed by atoms with E-state index in [9.17, 15) is 24.6 Å². The normalized spacial score (nSPS) is 28.2. The number of rotatable bonds is 4. The lowest BCUT2D eigenvalue weighted by molar-refractivity contribution is -0.399. The van der Waals surface area contributed by atoms with Crippen molar-refractivity contribution in [3.8, 4) is 0 Å². The van der Waals surface area contributed by atoms with Gasteiger partial charge in [0.1, 0.15) is 0 Å². The van der Waals surface area contributed by atoms with E-state index in [1.165, 1.54) is 26.0 Å². The maximum atomic E-state index is 12.3. The lowest BCUT2D eigenvalue weighted by Crippen LogP contribution is -2.52. The van der Waals surface area contributed by atoms with Crippen molar-refractivity contribution in [3.63, 3.8) is 0 Å². The minimum Gasteiger partial charge on any atom is -0.367 e. The molecule has 2 amide bonds. The van der Waals surface area contributed by atoms with Crippen molar-refractivity contribution in [2.45, 2.75) is 38.6 Å². The highest BCUT2D eigenvalue weighted by molar-refractivity contribution is 6.22. The van der Waals surface area contributed by atoms with Crippen LogP contribution >= 0.6 is 0 Å². The summed E-state index contributed by atoms with van der Waals surface area (Å²) in [6, 6.07) is 6.33. The Labute approximate surface area is 143 Å². The van der Waals surface area contributed by atoms with Crippen LogP contribution in [0.5, 0.6) is 0 Å². The fraction of sp³-hybridized carbons (Fsp3) is 0.471. The minimum atomic E-state index is -1.40. The Morgan fingerprint density at radius 2 is 1.56 bits per heavy atom. The molecule has 0 radical (unpaired) electrons. The van der Waals surface area contributed by atoms with Gasteiger partial charge < -0.3 is 19.7 Å². The first-order valence-electron chi connectivity index (χ1n) is 7.88. The molecule has 2 heterocycles. The highest BCUT2D eigenvalue weighted by Crippen LogP contribution is 2.31. The third-order valence-corrected chi connectivity index (χ3v) is 4.22. The largest absolute Gasteiger partial charge is 0.367 e. The van der Waals surface area contributed by atoms with Gasteiger partial charge in [-0.25, -0.2) is 0 Å². The Bertz CT molecular complexity index is 680. The van der Waals surface area contributed by atoms with E-state index in [1.807, 2.05) is 0 Å². The smallest absolute Gasteiger partial charge is 0.261 e. The zero-order valence-electron chi connectivity index (χ0n) is 13.8. The van der Waals surface area contributed by atoms with E-state index in [4.69, 9.17) is 9.47 Å². The number of ether oxygens (including phenoxy) is 2. The van der Waals surface area contributed by atoms with Gasteiger partial charge >= 0.3 is 0 Å². The van der Waals surface area contributed by atoms with E-state index in [1.54, 1.807) is 12.1 Å². The van der Waals surface area contributed by atoms with Crippen LogP contribution in [0.25, 0.3) is 0 Å². The lowest BCUT2D eigenvalue weighted by Gasteiger charge is -2.41. The molecule has 0 bridgehead atoms. The maximum absolute atomic E-state index is 12.3. The van der Waals surface area contributed by atoms with Crippen LogP contribution in [0.15, 0.2) is 24.3 Å². The monoisotopic (exact) mass is 349 g/mol. The summed E-state index contributed by atoms with van der Waals surface area (Å²) in [4.78, 5) is 37.7. The molecule has 2 aliphatic rings. The Balaban J connectivity index is 1.66. The molecule has 0 aliphatic carbocycles. The number of hydrogen-bond acceptors (Lipinski definition) is 7.